The van der Waals surface area contributed by atoms with Gasteiger partial charge in [0.15, 0.2) is 0 Å². The van der Waals surface area contributed by atoms with Crippen LogP contribution >= 0.6 is 11.3 Å². The number of carboxylic acid groups (broad SMARTS) is 1. The van der Waals surface area contributed by atoms with Gasteiger partial charge in [-0.05, 0) is 30.0 Å². The second-order valence-corrected chi connectivity index (χ2v) is 5.67. The molecule has 1 aromatic heterocycles. The number of benzene rings is 1. The van der Waals surface area contributed by atoms with Crippen LogP contribution in [0.1, 0.15) is 22.9 Å². The van der Waals surface area contributed by atoms with E-state index in [1.807, 2.05) is 29.6 Å². The minimum atomic E-state index is -0.684. The zero-order chi connectivity index (χ0) is 13.2. The van der Waals surface area contributed by atoms with Gasteiger partial charge in [0.2, 0.25) is 0 Å². The van der Waals surface area contributed by atoms with E-state index in [0.29, 0.717) is 0 Å². The molecule has 1 fully saturated rings. The topological polar surface area (TPSA) is 62.2 Å². The molecule has 0 spiro atoms. The molecule has 0 radical (unpaired) electrons. The Balaban J connectivity index is 1.59. The SMILES string of the molecule is O=C(O)[C@@H]1C[C@H]1c1ccc(NCc2nccs2)cc1. The molecule has 3 rings (SSSR count). The summed E-state index contributed by atoms with van der Waals surface area (Å²) in [5.41, 5.74) is 2.15. The second-order valence-electron chi connectivity index (χ2n) is 4.69. The van der Waals surface area contributed by atoms with E-state index in [4.69, 9.17) is 5.11 Å². The smallest absolute Gasteiger partial charge is 0.307 e. The van der Waals surface area contributed by atoms with Gasteiger partial charge in [0.05, 0.1) is 12.5 Å². The van der Waals surface area contributed by atoms with Gasteiger partial charge >= 0.3 is 5.97 Å². The maximum Gasteiger partial charge on any atom is 0.307 e. The summed E-state index contributed by atoms with van der Waals surface area (Å²) >= 11 is 1.62. The Morgan fingerprint density at radius 2 is 2.21 bits per heavy atom. The fraction of sp³-hybridized carbons (Fsp3) is 0.286. The lowest BCUT2D eigenvalue weighted by Crippen LogP contribution is -2.00. The van der Waals surface area contributed by atoms with Gasteiger partial charge in [-0.3, -0.25) is 4.79 Å². The van der Waals surface area contributed by atoms with Crippen molar-refractivity contribution in [1.29, 1.82) is 0 Å². The number of hydrogen-bond acceptors (Lipinski definition) is 4. The highest BCUT2D eigenvalue weighted by Gasteiger charge is 2.43. The first kappa shape index (κ1) is 12.2. The summed E-state index contributed by atoms with van der Waals surface area (Å²) in [6, 6.07) is 8.02. The van der Waals surface area contributed by atoms with E-state index in [9.17, 15) is 4.79 Å². The van der Waals surface area contributed by atoms with Gasteiger partial charge in [-0.1, -0.05) is 12.1 Å². The maximum atomic E-state index is 10.8. The predicted octanol–water partition coefficient (Wildman–Crippen LogP) is 2.94. The number of aliphatic carboxylic acids is 1. The average Bonchev–Trinajstić information content (AvgIpc) is 3.06. The van der Waals surface area contributed by atoms with Crippen LogP contribution in [0.2, 0.25) is 0 Å². The van der Waals surface area contributed by atoms with Crippen molar-refractivity contribution in [3.05, 3.63) is 46.4 Å². The summed E-state index contributed by atoms with van der Waals surface area (Å²) in [6.45, 7) is 0.720. The van der Waals surface area contributed by atoms with Crippen LogP contribution < -0.4 is 5.32 Å². The molecule has 0 saturated heterocycles. The van der Waals surface area contributed by atoms with E-state index in [2.05, 4.69) is 10.3 Å². The van der Waals surface area contributed by atoms with Crippen molar-refractivity contribution < 1.29 is 9.90 Å². The van der Waals surface area contributed by atoms with Gasteiger partial charge in [-0.25, -0.2) is 4.98 Å². The fourth-order valence-electron chi connectivity index (χ4n) is 2.20. The first-order valence-electron chi connectivity index (χ1n) is 6.19. The van der Waals surface area contributed by atoms with Crippen molar-refractivity contribution in [2.24, 2.45) is 5.92 Å². The predicted molar refractivity (Wildman–Crippen MR) is 74.4 cm³/mol. The number of aromatic nitrogens is 1. The molecule has 98 valence electrons. The standard InChI is InChI=1S/C14H14N2O2S/c17-14(18)12-7-11(12)9-1-3-10(4-2-9)16-8-13-15-5-6-19-13/h1-6,11-12,16H,7-8H2,(H,17,18)/t11-,12+/m0/s1. The van der Waals surface area contributed by atoms with Gasteiger partial charge < -0.3 is 10.4 Å². The van der Waals surface area contributed by atoms with E-state index in [1.165, 1.54) is 0 Å². The van der Waals surface area contributed by atoms with Crippen LogP contribution in [0.5, 0.6) is 0 Å². The number of hydrogen-bond donors (Lipinski definition) is 2. The Hall–Kier alpha value is -1.88. The zero-order valence-electron chi connectivity index (χ0n) is 10.2. The molecule has 2 N–H and O–H groups in total. The van der Waals surface area contributed by atoms with E-state index in [-0.39, 0.29) is 11.8 Å². The third-order valence-corrected chi connectivity index (χ3v) is 4.15. The largest absolute Gasteiger partial charge is 0.481 e. The summed E-state index contributed by atoms with van der Waals surface area (Å²) in [5.74, 6) is -0.671. The van der Waals surface area contributed by atoms with Crippen molar-refractivity contribution in [3.8, 4) is 0 Å². The molecule has 0 aliphatic heterocycles. The Kier molecular flexibility index (Phi) is 3.21. The Morgan fingerprint density at radius 3 is 2.79 bits per heavy atom. The molecule has 19 heavy (non-hydrogen) atoms. The Labute approximate surface area is 115 Å². The minimum Gasteiger partial charge on any atom is -0.481 e. The summed E-state index contributed by atoms with van der Waals surface area (Å²) in [5, 5.41) is 15.2. The van der Waals surface area contributed by atoms with Crippen LogP contribution in [0.15, 0.2) is 35.8 Å². The van der Waals surface area contributed by atoms with E-state index in [1.54, 1.807) is 17.5 Å². The molecule has 1 saturated carbocycles. The molecule has 1 aliphatic rings. The molecule has 5 heteroatoms. The molecular formula is C14H14N2O2S. The van der Waals surface area contributed by atoms with Crippen LogP contribution in [0.4, 0.5) is 5.69 Å². The van der Waals surface area contributed by atoms with Crippen molar-refractivity contribution in [2.45, 2.75) is 18.9 Å². The summed E-state index contributed by atoms with van der Waals surface area (Å²) in [4.78, 5) is 15.0. The van der Waals surface area contributed by atoms with Crippen molar-refractivity contribution in [1.82, 2.24) is 4.98 Å². The molecule has 2 atom stereocenters. The van der Waals surface area contributed by atoms with Gasteiger partial charge in [0, 0.05) is 17.3 Å². The van der Waals surface area contributed by atoms with Crippen LogP contribution in [-0.2, 0) is 11.3 Å². The zero-order valence-corrected chi connectivity index (χ0v) is 11.1. The quantitative estimate of drug-likeness (QED) is 0.880. The molecule has 1 aromatic carbocycles. The molecular weight excluding hydrogens is 260 g/mol. The first-order valence-corrected chi connectivity index (χ1v) is 7.07. The van der Waals surface area contributed by atoms with E-state index in [0.717, 1.165) is 29.2 Å². The molecule has 1 heterocycles. The van der Waals surface area contributed by atoms with Crippen molar-refractivity contribution in [3.63, 3.8) is 0 Å². The van der Waals surface area contributed by atoms with Crippen LogP contribution in [0.3, 0.4) is 0 Å². The van der Waals surface area contributed by atoms with Crippen LogP contribution in [-0.4, -0.2) is 16.1 Å². The van der Waals surface area contributed by atoms with E-state index >= 15 is 0 Å². The number of nitrogens with one attached hydrogen (secondary N) is 1. The molecule has 0 unspecified atom stereocenters. The van der Waals surface area contributed by atoms with Crippen LogP contribution in [0, 0.1) is 5.92 Å². The number of thiazole rings is 1. The molecule has 0 amide bonds. The third kappa shape index (κ3) is 2.76. The molecule has 0 bridgehead atoms. The molecule has 2 aromatic rings. The lowest BCUT2D eigenvalue weighted by atomic mass is 10.1. The van der Waals surface area contributed by atoms with Gasteiger partial charge in [0.1, 0.15) is 5.01 Å². The third-order valence-electron chi connectivity index (χ3n) is 3.37. The summed E-state index contributed by atoms with van der Waals surface area (Å²) in [7, 11) is 0. The number of carboxylic acids is 1. The summed E-state index contributed by atoms with van der Waals surface area (Å²) < 4.78 is 0. The highest BCUT2D eigenvalue weighted by Crippen LogP contribution is 2.47. The Morgan fingerprint density at radius 1 is 1.42 bits per heavy atom. The van der Waals surface area contributed by atoms with Gasteiger partial charge in [-0.2, -0.15) is 0 Å². The van der Waals surface area contributed by atoms with Crippen LogP contribution in [0.25, 0.3) is 0 Å². The second kappa shape index (κ2) is 5.01. The number of anilines is 1. The monoisotopic (exact) mass is 274 g/mol. The number of carbonyl (C=O) groups is 1. The fourth-order valence-corrected chi connectivity index (χ4v) is 2.76. The van der Waals surface area contributed by atoms with Gasteiger partial charge in [0.25, 0.3) is 0 Å². The molecule has 4 nitrogen and oxygen atoms in total. The van der Waals surface area contributed by atoms with Crippen molar-refractivity contribution >= 4 is 23.0 Å². The highest BCUT2D eigenvalue weighted by atomic mass is 32.1. The Bertz CT molecular complexity index is 566. The number of nitrogens with zero attached hydrogens (tertiary/aromatic N) is 1. The first-order chi connectivity index (χ1) is 9.24. The van der Waals surface area contributed by atoms with Gasteiger partial charge in [-0.15, -0.1) is 11.3 Å². The minimum absolute atomic E-state index is 0.186. The van der Waals surface area contributed by atoms with Crippen molar-refractivity contribution in [2.75, 3.05) is 5.32 Å². The van der Waals surface area contributed by atoms with E-state index < -0.39 is 5.97 Å². The molecule has 1 aliphatic carbocycles. The lowest BCUT2D eigenvalue weighted by molar-refractivity contribution is -0.138. The normalized spacial score (nSPS) is 21.1. The maximum absolute atomic E-state index is 10.8. The highest BCUT2D eigenvalue weighted by molar-refractivity contribution is 7.09. The summed E-state index contributed by atoms with van der Waals surface area (Å²) in [6.07, 6.45) is 2.56. The lowest BCUT2D eigenvalue weighted by Gasteiger charge is -2.05. The number of rotatable bonds is 5. The average molecular weight is 274 g/mol.